The molecule has 1 saturated carbocycles. The minimum atomic E-state index is 0.0235. The van der Waals surface area contributed by atoms with Crippen LogP contribution in [0.2, 0.25) is 0 Å². The molecule has 1 N–H and O–H groups in total. The van der Waals surface area contributed by atoms with Gasteiger partial charge < -0.3 is 9.51 Å². The SMILES string of the molecule is CCCCc1noc([C@H](C)Sc2nnc(-c3c[nH]c4ccccc34)n2C2CC2)n1. The number of aromatic nitrogens is 6. The van der Waals surface area contributed by atoms with Gasteiger partial charge in [-0.05, 0) is 32.3 Å². The Labute approximate surface area is 173 Å². The summed E-state index contributed by atoms with van der Waals surface area (Å²) in [4.78, 5) is 7.92. The summed E-state index contributed by atoms with van der Waals surface area (Å²) in [6, 6.07) is 8.77. The van der Waals surface area contributed by atoms with E-state index in [2.05, 4.69) is 61.9 Å². The molecule has 0 aliphatic heterocycles. The van der Waals surface area contributed by atoms with Gasteiger partial charge in [-0.1, -0.05) is 48.5 Å². The molecule has 1 aromatic carbocycles. The Morgan fingerprint density at radius 2 is 2.14 bits per heavy atom. The summed E-state index contributed by atoms with van der Waals surface area (Å²) in [6.07, 6.45) is 7.41. The average Bonchev–Trinajstić information content (AvgIpc) is 3.15. The van der Waals surface area contributed by atoms with Crippen LogP contribution in [-0.4, -0.2) is 29.9 Å². The summed E-state index contributed by atoms with van der Waals surface area (Å²) in [7, 11) is 0. The molecule has 3 aromatic heterocycles. The van der Waals surface area contributed by atoms with E-state index in [4.69, 9.17) is 4.52 Å². The van der Waals surface area contributed by atoms with E-state index in [9.17, 15) is 0 Å². The molecule has 7 nitrogen and oxygen atoms in total. The Bertz CT molecular complexity index is 1130. The lowest BCUT2D eigenvalue weighted by molar-refractivity contribution is 0.374. The molecular formula is C21H24N6OS. The van der Waals surface area contributed by atoms with Crippen LogP contribution in [0.15, 0.2) is 40.1 Å². The summed E-state index contributed by atoms with van der Waals surface area (Å²) < 4.78 is 7.79. The fourth-order valence-electron chi connectivity index (χ4n) is 3.54. The van der Waals surface area contributed by atoms with E-state index in [1.54, 1.807) is 11.8 Å². The highest BCUT2D eigenvalue weighted by Gasteiger charge is 2.32. The third-order valence-electron chi connectivity index (χ3n) is 5.27. The van der Waals surface area contributed by atoms with Gasteiger partial charge in [0.25, 0.3) is 0 Å². The van der Waals surface area contributed by atoms with Gasteiger partial charge in [0.2, 0.25) is 5.89 Å². The van der Waals surface area contributed by atoms with Crippen molar-refractivity contribution < 1.29 is 4.52 Å². The summed E-state index contributed by atoms with van der Waals surface area (Å²) >= 11 is 1.64. The molecule has 0 unspecified atom stereocenters. The molecular weight excluding hydrogens is 384 g/mol. The highest BCUT2D eigenvalue weighted by atomic mass is 32.2. The molecule has 1 aliphatic rings. The quantitative estimate of drug-likeness (QED) is 0.396. The van der Waals surface area contributed by atoms with Crippen molar-refractivity contribution >= 4 is 22.7 Å². The van der Waals surface area contributed by atoms with Gasteiger partial charge in [0.15, 0.2) is 16.8 Å². The highest BCUT2D eigenvalue weighted by Crippen LogP contribution is 2.44. The normalized spacial score (nSPS) is 15.2. The van der Waals surface area contributed by atoms with Crippen LogP contribution >= 0.6 is 11.8 Å². The number of hydrogen-bond donors (Lipinski definition) is 1. The summed E-state index contributed by atoms with van der Waals surface area (Å²) in [5, 5.41) is 15.3. The predicted molar refractivity (Wildman–Crippen MR) is 113 cm³/mol. The number of fused-ring (bicyclic) bond motifs is 1. The minimum Gasteiger partial charge on any atom is -0.360 e. The number of nitrogens with one attached hydrogen (secondary N) is 1. The number of benzene rings is 1. The second-order valence-electron chi connectivity index (χ2n) is 7.57. The molecule has 0 saturated heterocycles. The maximum atomic E-state index is 5.50. The summed E-state index contributed by atoms with van der Waals surface area (Å²) in [5.41, 5.74) is 2.21. The topological polar surface area (TPSA) is 85.4 Å². The van der Waals surface area contributed by atoms with Crippen LogP contribution in [0.1, 0.15) is 62.5 Å². The van der Waals surface area contributed by atoms with Gasteiger partial charge in [-0.25, -0.2) is 0 Å². The standard InChI is InChI=1S/C21H24N6OS/c1-3-4-9-18-23-20(28-26-18)13(2)29-21-25-24-19(27(21)14-10-11-14)16-12-22-17-8-6-5-7-15(16)17/h5-8,12-14,22H,3-4,9-11H2,1-2H3/t13-/m0/s1. The predicted octanol–water partition coefficient (Wildman–Crippen LogP) is 5.34. The third kappa shape index (κ3) is 3.57. The number of rotatable bonds is 8. The van der Waals surface area contributed by atoms with E-state index in [0.717, 1.165) is 60.0 Å². The first kappa shape index (κ1) is 18.4. The van der Waals surface area contributed by atoms with Crippen LogP contribution in [-0.2, 0) is 6.42 Å². The Morgan fingerprint density at radius 1 is 1.28 bits per heavy atom. The van der Waals surface area contributed by atoms with Gasteiger partial charge in [0, 0.05) is 35.1 Å². The Morgan fingerprint density at radius 3 is 2.97 bits per heavy atom. The van der Waals surface area contributed by atoms with Crippen LogP contribution < -0.4 is 0 Å². The second kappa shape index (κ2) is 7.67. The number of aryl methyl sites for hydroxylation is 1. The molecule has 4 aromatic rings. The molecule has 1 aliphatic carbocycles. The van der Waals surface area contributed by atoms with E-state index >= 15 is 0 Å². The number of para-hydroxylation sites is 1. The molecule has 0 amide bonds. The highest BCUT2D eigenvalue weighted by molar-refractivity contribution is 7.99. The van der Waals surface area contributed by atoms with Crippen LogP contribution in [0.25, 0.3) is 22.3 Å². The van der Waals surface area contributed by atoms with Gasteiger partial charge in [-0.15, -0.1) is 10.2 Å². The number of unbranched alkanes of at least 4 members (excludes halogenated alkanes) is 1. The van der Waals surface area contributed by atoms with E-state index in [-0.39, 0.29) is 5.25 Å². The van der Waals surface area contributed by atoms with Crippen LogP contribution in [0.4, 0.5) is 0 Å². The molecule has 5 rings (SSSR count). The first-order valence-corrected chi connectivity index (χ1v) is 11.1. The molecule has 0 bridgehead atoms. The third-order valence-corrected chi connectivity index (χ3v) is 6.32. The number of hydrogen-bond acceptors (Lipinski definition) is 6. The zero-order chi connectivity index (χ0) is 19.8. The Kier molecular flexibility index (Phi) is 4.87. The smallest absolute Gasteiger partial charge is 0.239 e. The summed E-state index contributed by atoms with van der Waals surface area (Å²) in [6.45, 7) is 4.24. The zero-order valence-corrected chi connectivity index (χ0v) is 17.4. The molecule has 150 valence electrons. The van der Waals surface area contributed by atoms with Crippen molar-refractivity contribution in [3.63, 3.8) is 0 Å². The van der Waals surface area contributed by atoms with Crippen LogP contribution in [0.3, 0.4) is 0 Å². The van der Waals surface area contributed by atoms with Crippen molar-refractivity contribution in [1.82, 2.24) is 29.9 Å². The fourth-order valence-corrected chi connectivity index (χ4v) is 4.49. The first-order chi connectivity index (χ1) is 14.2. The Hall–Kier alpha value is -2.61. The number of H-pyrrole nitrogens is 1. The van der Waals surface area contributed by atoms with Gasteiger partial charge in [-0.3, -0.25) is 4.57 Å². The molecule has 1 atom stereocenters. The van der Waals surface area contributed by atoms with Crippen molar-refractivity contribution in [3.8, 4) is 11.4 Å². The second-order valence-corrected chi connectivity index (χ2v) is 8.88. The van der Waals surface area contributed by atoms with Crippen molar-refractivity contribution in [2.45, 2.75) is 62.4 Å². The molecule has 0 radical (unpaired) electrons. The van der Waals surface area contributed by atoms with E-state index < -0.39 is 0 Å². The van der Waals surface area contributed by atoms with Crippen molar-refractivity contribution in [2.75, 3.05) is 0 Å². The maximum absolute atomic E-state index is 5.50. The van der Waals surface area contributed by atoms with Crippen molar-refractivity contribution in [2.24, 2.45) is 0 Å². The largest absolute Gasteiger partial charge is 0.360 e. The lowest BCUT2D eigenvalue weighted by Gasteiger charge is -2.10. The van der Waals surface area contributed by atoms with Gasteiger partial charge >= 0.3 is 0 Å². The lowest BCUT2D eigenvalue weighted by atomic mass is 10.1. The fraction of sp³-hybridized carbons (Fsp3) is 0.429. The van der Waals surface area contributed by atoms with Crippen LogP contribution in [0, 0.1) is 0 Å². The Balaban J connectivity index is 1.43. The zero-order valence-electron chi connectivity index (χ0n) is 16.6. The van der Waals surface area contributed by atoms with Crippen molar-refractivity contribution in [3.05, 3.63) is 42.2 Å². The van der Waals surface area contributed by atoms with Gasteiger partial charge in [0.1, 0.15) is 0 Å². The lowest BCUT2D eigenvalue weighted by Crippen LogP contribution is -2.01. The van der Waals surface area contributed by atoms with E-state index in [0.29, 0.717) is 11.9 Å². The van der Waals surface area contributed by atoms with Gasteiger partial charge in [0.05, 0.1) is 5.25 Å². The molecule has 29 heavy (non-hydrogen) atoms. The van der Waals surface area contributed by atoms with Crippen LogP contribution in [0.5, 0.6) is 0 Å². The van der Waals surface area contributed by atoms with Crippen molar-refractivity contribution in [1.29, 1.82) is 0 Å². The first-order valence-electron chi connectivity index (χ1n) is 10.2. The molecule has 0 spiro atoms. The molecule has 8 heteroatoms. The molecule has 1 fully saturated rings. The number of thioether (sulfide) groups is 1. The van der Waals surface area contributed by atoms with E-state index in [1.807, 2.05) is 12.3 Å². The maximum Gasteiger partial charge on any atom is 0.239 e. The average molecular weight is 409 g/mol. The molecule has 3 heterocycles. The number of nitrogens with zero attached hydrogens (tertiary/aromatic N) is 5. The van der Waals surface area contributed by atoms with Gasteiger partial charge in [-0.2, -0.15) is 4.98 Å². The van der Waals surface area contributed by atoms with E-state index in [1.165, 1.54) is 5.39 Å². The summed E-state index contributed by atoms with van der Waals surface area (Å²) in [5.74, 6) is 2.37. The number of aromatic amines is 1. The minimum absolute atomic E-state index is 0.0235. The monoisotopic (exact) mass is 408 g/mol.